The van der Waals surface area contributed by atoms with Crippen LogP contribution in [0.1, 0.15) is 40.4 Å². The van der Waals surface area contributed by atoms with E-state index in [1.807, 2.05) is 30.3 Å². The van der Waals surface area contributed by atoms with Crippen LogP contribution in [0.5, 0.6) is 0 Å². The highest BCUT2D eigenvalue weighted by molar-refractivity contribution is 6.05. The molecule has 1 fully saturated rings. The van der Waals surface area contributed by atoms with Gasteiger partial charge in [-0.2, -0.15) is 0 Å². The Morgan fingerprint density at radius 3 is 2.76 bits per heavy atom. The first-order valence-electron chi connectivity index (χ1n) is 12.0. The molecule has 6 rings (SSSR count). The molecule has 2 aliphatic heterocycles. The summed E-state index contributed by atoms with van der Waals surface area (Å²) >= 11 is 0. The van der Waals surface area contributed by atoms with Gasteiger partial charge in [-0.1, -0.05) is 30.3 Å². The molecule has 0 spiro atoms. The van der Waals surface area contributed by atoms with Gasteiger partial charge in [-0.25, -0.2) is 9.97 Å². The first kappa shape index (κ1) is 23.3. The van der Waals surface area contributed by atoms with Crippen molar-refractivity contribution in [3.8, 4) is 11.6 Å². The summed E-state index contributed by atoms with van der Waals surface area (Å²) in [6, 6.07) is 14.2. The number of anilines is 1. The minimum absolute atomic E-state index is 0.107. The molecule has 2 aromatic carbocycles. The van der Waals surface area contributed by atoms with Gasteiger partial charge in [-0.05, 0) is 41.8 Å². The maximum atomic E-state index is 13.2. The third kappa shape index (κ3) is 4.03. The number of benzene rings is 2. The number of aromatic nitrogens is 2. The van der Waals surface area contributed by atoms with E-state index in [0.29, 0.717) is 39.7 Å². The van der Waals surface area contributed by atoms with E-state index in [9.17, 15) is 19.2 Å². The van der Waals surface area contributed by atoms with E-state index in [1.54, 1.807) is 30.5 Å². The monoisotopic (exact) mass is 510 g/mol. The number of nitrogens with one attached hydrogen (secondary N) is 2. The van der Waals surface area contributed by atoms with Gasteiger partial charge in [0.05, 0.1) is 0 Å². The van der Waals surface area contributed by atoms with Gasteiger partial charge in [0, 0.05) is 30.1 Å². The van der Waals surface area contributed by atoms with Crippen molar-refractivity contribution < 1.29 is 23.6 Å². The highest BCUT2D eigenvalue weighted by atomic mass is 16.3. The van der Waals surface area contributed by atoms with Crippen LogP contribution in [0.4, 0.5) is 5.82 Å². The zero-order valence-electron chi connectivity index (χ0n) is 20.0. The van der Waals surface area contributed by atoms with E-state index in [0.717, 1.165) is 5.39 Å². The molecule has 11 nitrogen and oxygen atoms in total. The fourth-order valence-corrected chi connectivity index (χ4v) is 4.98. The second-order valence-corrected chi connectivity index (χ2v) is 9.17. The summed E-state index contributed by atoms with van der Waals surface area (Å²) in [5, 5.41) is 6.27. The number of carbonyl (C=O) groups is 4. The Bertz CT molecular complexity index is 1600. The average Bonchev–Trinajstić information content (AvgIpc) is 3.49. The van der Waals surface area contributed by atoms with Crippen LogP contribution in [-0.4, -0.2) is 44.5 Å². The summed E-state index contributed by atoms with van der Waals surface area (Å²) in [7, 11) is 0. The standard InChI is InChI=1S/C27H22N6O5/c28-24(35)23(30-21-10-11-29-25(31-21)20-12-14-4-1-2-7-19(14)38-20)15-5-3-6-16-17(15)13-33(27(16)37)18-8-9-22(34)32-26(18)36/h1-7,10-12,18,23H,8-9,13H2,(H2,28,35)(H,29,30,31)(H,32,34,36). The minimum Gasteiger partial charge on any atom is -0.453 e. The molecule has 38 heavy (non-hydrogen) atoms. The summed E-state index contributed by atoms with van der Waals surface area (Å²) < 4.78 is 5.86. The normalized spacial score (nSPS) is 17.8. The van der Waals surface area contributed by atoms with E-state index in [4.69, 9.17) is 10.2 Å². The van der Waals surface area contributed by atoms with Crippen LogP contribution in [-0.2, 0) is 20.9 Å². The van der Waals surface area contributed by atoms with Gasteiger partial charge < -0.3 is 20.4 Å². The summed E-state index contributed by atoms with van der Waals surface area (Å²) in [6.07, 6.45) is 1.93. The molecule has 0 radical (unpaired) electrons. The van der Waals surface area contributed by atoms with Crippen molar-refractivity contribution in [3.63, 3.8) is 0 Å². The van der Waals surface area contributed by atoms with E-state index < -0.39 is 23.9 Å². The van der Waals surface area contributed by atoms with Crippen molar-refractivity contribution in [2.75, 3.05) is 5.32 Å². The number of nitrogens with zero attached hydrogens (tertiary/aromatic N) is 3. The molecule has 4 aromatic rings. The SMILES string of the molecule is NC(=O)C(Nc1ccnc(-c2cc3ccccc3o2)n1)c1cccc2c1CN(C1CCC(=O)NC1=O)C2=O. The highest BCUT2D eigenvalue weighted by Gasteiger charge is 2.40. The summed E-state index contributed by atoms with van der Waals surface area (Å²) in [5.74, 6) is -0.747. The Kier molecular flexibility index (Phi) is 5.60. The topological polar surface area (TPSA) is 161 Å². The maximum Gasteiger partial charge on any atom is 0.255 e. The smallest absolute Gasteiger partial charge is 0.255 e. The molecule has 2 atom stereocenters. The second-order valence-electron chi connectivity index (χ2n) is 9.17. The number of hydrogen-bond donors (Lipinski definition) is 3. The lowest BCUT2D eigenvalue weighted by atomic mass is 9.96. The van der Waals surface area contributed by atoms with Gasteiger partial charge in [0.25, 0.3) is 5.91 Å². The van der Waals surface area contributed by atoms with Crippen LogP contribution in [0, 0.1) is 0 Å². The zero-order valence-corrected chi connectivity index (χ0v) is 20.0. The van der Waals surface area contributed by atoms with Gasteiger partial charge in [0.1, 0.15) is 23.5 Å². The van der Waals surface area contributed by atoms with Crippen LogP contribution in [0.15, 0.2) is 65.2 Å². The molecule has 2 aliphatic rings. The van der Waals surface area contributed by atoms with Crippen molar-refractivity contribution in [1.29, 1.82) is 0 Å². The fourth-order valence-electron chi connectivity index (χ4n) is 4.98. The lowest BCUT2D eigenvalue weighted by molar-refractivity contribution is -0.137. The largest absolute Gasteiger partial charge is 0.453 e. The first-order chi connectivity index (χ1) is 18.4. The highest BCUT2D eigenvalue weighted by Crippen LogP contribution is 2.34. The molecule has 4 N–H and O–H groups in total. The number of amides is 4. The minimum atomic E-state index is -1.02. The lowest BCUT2D eigenvalue weighted by Gasteiger charge is -2.29. The fraction of sp³-hybridized carbons (Fsp3) is 0.185. The molecule has 4 heterocycles. The molecule has 0 bridgehead atoms. The summed E-state index contributed by atoms with van der Waals surface area (Å²) in [6.45, 7) is 0.107. The molecular weight excluding hydrogens is 488 g/mol. The zero-order chi connectivity index (χ0) is 26.4. The number of hydrogen-bond acceptors (Lipinski definition) is 8. The molecule has 190 valence electrons. The predicted octanol–water partition coefficient (Wildman–Crippen LogP) is 2.29. The number of nitrogens with two attached hydrogens (primary N) is 1. The Morgan fingerprint density at radius 2 is 1.97 bits per heavy atom. The van der Waals surface area contributed by atoms with Crippen LogP contribution in [0.25, 0.3) is 22.6 Å². The molecule has 2 unspecified atom stereocenters. The van der Waals surface area contributed by atoms with Crippen molar-refractivity contribution in [1.82, 2.24) is 20.2 Å². The number of fused-ring (bicyclic) bond motifs is 2. The van der Waals surface area contributed by atoms with Crippen molar-refractivity contribution in [2.45, 2.75) is 31.5 Å². The number of imide groups is 1. The number of para-hydroxylation sites is 1. The average molecular weight is 511 g/mol. The number of rotatable bonds is 6. The van der Waals surface area contributed by atoms with E-state index in [1.165, 1.54) is 4.90 Å². The van der Waals surface area contributed by atoms with Crippen molar-refractivity contribution in [3.05, 3.63) is 77.5 Å². The lowest BCUT2D eigenvalue weighted by Crippen LogP contribution is -2.52. The third-order valence-corrected chi connectivity index (χ3v) is 6.81. The summed E-state index contributed by atoms with van der Waals surface area (Å²) in [4.78, 5) is 60.1. The van der Waals surface area contributed by atoms with Crippen LogP contribution in [0.2, 0.25) is 0 Å². The molecule has 0 saturated carbocycles. The van der Waals surface area contributed by atoms with Gasteiger partial charge >= 0.3 is 0 Å². The third-order valence-electron chi connectivity index (χ3n) is 6.81. The van der Waals surface area contributed by atoms with Gasteiger partial charge in [-0.15, -0.1) is 0 Å². The van der Waals surface area contributed by atoms with E-state index in [2.05, 4.69) is 20.6 Å². The number of furan rings is 1. The van der Waals surface area contributed by atoms with Crippen LogP contribution >= 0.6 is 0 Å². The predicted molar refractivity (Wildman–Crippen MR) is 135 cm³/mol. The molecule has 2 aromatic heterocycles. The number of piperidine rings is 1. The Morgan fingerprint density at radius 1 is 1.13 bits per heavy atom. The molecular formula is C27H22N6O5. The van der Waals surface area contributed by atoms with Gasteiger partial charge in [0.2, 0.25) is 17.7 Å². The van der Waals surface area contributed by atoms with Crippen LogP contribution in [0.3, 0.4) is 0 Å². The molecule has 4 amide bonds. The van der Waals surface area contributed by atoms with Gasteiger partial charge in [-0.3, -0.25) is 24.5 Å². The van der Waals surface area contributed by atoms with Crippen molar-refractivity contribution >= 4 is 40.4 Å². The van der Waals surface area contributed by atoms with Crippen LogP contribution < -0.4 is 16.4 Å². The number of carbonyl (C=O) groups excluding carboxylic acids is 4. The number of primary amides is 1. The Hall–Kier alpha value is -5.06. The Balaban J connectivity index is 1.30. The quantitative estimate of drug-likeness (QED) is 0.333. The Labute approximate surface area is 216 Å². The first-order valence-corrected chi connectivity index (χ1v) is 12.0. The molecule has 11 heteroatoms. The van der Waals surface area contributed by atoms with Crippen molar-refractivity contribution in [2.24, 2.45) is 5.73 Å². The van der Waals surface area contributed by atoms with E-state index in [-0.39, 0.29) is 31.2 Å². The second kappa shape index (κ2) is 9.11. The summed E-state index contributed by atoms with van der Waals surface area (Å²) in [5.41, 5.74) is 7.97. The van der Waals surface area contributed by atoms with E-state index >= 15 is 0 Å². The maximum absolute atomic E-state index is 13.2. The van der Waals surface area contributed by atoms with Gasteiger partial charge in [0.15, 0.2) is 11.6 Å². The molecule has 1 saturated heterocycles. The molecule has 0 aliphatic carbocycles.